The molecular weight excluding hydrogens is 196 g/mol. The van der Waals surface area contributed by atoms with Gasteiger partial charge in [-0.1, -0.05) is 0 Å². The zero-order chi connectivity index (χ0) is 10.2. The average Bonchev–Trinajstić information content (AvgIpc) is 2.63. The summed E-state index contributed by atoms with van der Waals surface area (Å²) in [6.07, 6.45) is 3.92. The highest BCUT2D eigenvalue weighted by Gasteiger charge is 2.01. The minimum Gasteiger partial charge on any atom is -0.396 e. The molecule has 80 valence electrons. The van der Waals surface area contributed by atoms with E-state index in [1.54, 1.807) is 11.3 Å². The lowest BCUT2D eigenvalue weighted by atomic mass is 10.2. The molecule has 2 N–H and O–H groups in total. The van der Waals surface area contributed by atoms with Crippen LogP contribution in [0.15, 0.2) is 5.38 Å². The average molecular weight is 214 g/mol. The second-order valence-electron chi connectivity index (χ2n) is 3.27. The van der Waals surface area contributed by atoms with Crippen LogP contribution in [0.3, 0.4) is 0 Å². The predicted octanol–water partition coefficient (Wildman–Crippen LogP) is 1.22. The van der Waals surface area contributed by atoms with E-state index in [9.17, 15) is 0 Å². The summed E-state index contributed by atoms with van der Waals surface area (Å²) in [5, 5.41) is 15.1. The highest BCUT2D eigenvalue weighted by molar-refractivity contribution is 7.09. The van der Waals surface area contributed by atoms with Gasteiger partial charge in [-0.2, -0.15) is 0 Å². The lowest BCUT2D eigenvalue weighted by molar-refractivity contribution is 0.288. The molecule has 1 heterocycles. The van der Waals surface area contributed by atoms with E-state index in [2.05, 4.69) is 15.7 Å². The van der Waals surface area contributed by atoms with Crippen molar-refractivity contribution >= 4 is 11.3 Å². The minimum atomic E-state index is 0.259. The molecule has 0 bridgehead atoms. The Morgan fingerprint density at radius 3 is 3.00 bits per heavy atom. The normalized spacial score (nSPS) is 10.7. The van der Waals surface area contributed by atoms with E-state index >= 15 is 0 Å². The summed E-state index contributed by atoms with van der Waals surface area (Å²) in [5.41, 5.74) is 1.19. The molecule has 0 unspecified atom stereocenters. The third-order valence-electron chi connectivity index (χ3n) is 2.01. The third-order valence-corrected chi connectivity index (χ3v) is 2.97. The number of aryl methyl sites for hydroxylation is 2. The number of hydrogen-bond donors (Lipinski definition) is 2. The van der Waals surface area contributed by atoms with Gasteiger partial charge in [0.25, 0.3) is 0 Å². The second-order valence-corrected chi connectivity index (χ2v) is 4.21. The van der Waals surface area contributed by atoms with Crippen molar-refractivity contribution in [3.63, 3.8) is 0 Å². The van der Waals surface area contributed by atoms with Gasteiger partial charge in [0, 0.05) is 18.4 Å². The first-order chi connectivity index (χ1) is 6.86. The van der Waals surface area contributed by atoms with E-state index in [0.29, 0.717) is 0 Å². The number of nitrogens with one attached hydrogen (secondary N) is 1. The quantitative estimate of drug-likeness (QED) is 0.671. The highest BCUT2D eigenvalue weighted by Crippen LogP contribution is 2.12. The van der Waals surface area contributed by atoms with Crippen molar-refractivity contribution in [3.8, 4) is 0 Å². The fourth-order valence-corrected chi connectivity index (χ4v) is 2.13. The van der Waals surface area contributed by atoms with Crippen molar-refractivity contribution in [2.24, 2.45) is 0 Å². The summed E-state index contributed by atoms with van der Waals surface area (Å²) in [6.45, 7) is 1.30. The highest BCUT2D eigenvalue weighted by atomic mass is 32.1. The number of thiazole rings is 1. The van der Waals surface area contributed by atoms with Gasteiger partial charge in [0.2, 0.25) is 0 Å². The van der Waals surface area contributed by atoms with Crippen molar-refractivity contribution in [1.29, 1.82) is 0 Å². The maximum atomic E-state index is 8.68. The van der Waals surface area contributed by atoms with Crippen LogP contribution >= 0.6 is 11.3 Å². The van der Waals surface area contributed by atoms with Crippen LogP contribution in [-0.4, -0.2) is 30.3 Å². The largest absolute Gasteiger partial charge is 0.396 e. The summed E-state index contributed by atoms with van der Waals surface area (Å²) in [4.78, 5) is 4.50. The Hall–Kier alpha value is -0.450. The van der Waals surface area contributed by atoms with Gasteiger partial charge in [0.05, 0.1) is 10.7 Å². The Kier molecular flexibility index (Phi) is 5.75. The number of nitrogens with zero attached hydrogens (tertiary/aromatic N) is 1. The Balaban J connectivity index is 2.27. The number of rotatable bonds is 7. The molecule has 0 fully saturated rings. The lowest BCUT2D eigenvalue weighted by Crippen LogP contribution is -2.08. The van der Waals surface area contributed by atoms with Crippen LogP contribution in [0, 0.1) is 0 Å². The Morgan fingerprint density at radius 2 is 2.29 bits per heavy atom. The number of aromatic nitrogens is 1. The van der Waals surface area contributed by atoms with E-state index in [1.165, 1.54) is 5.69 Å². The zero-order valence-corrected chi connectivity index (χ0v) is 9.44. The standard InChI is InChI=1S/C10H18N2OS/c1-11-6-2-4-9-8-14-10(12-9)5-3-7-13/h8,11,13H,2-7H2,1H3. The first-order valence-corrected chi connectivity index (χ1v) is 5.93. The molecule has 0 radical (unpaired) electrons. The van der Waals surface area contributed by atoms with Crippen LogP contribution in [-0.2, 0) is 12.8 Å². The van der Waals surface area contributed by atoms with E-state index in [0.717, 1.165) is 37.2 Å². The first-order valence-electron chi connectivity index (χ1n) is 5.05. The molecule has 14 heavy (non-hydrogen) atoms. The first kappa shape index (κ1) is 11.6. The van der Waals surface area contributed by atoms with Crippen LogP contribution in [0.2, 0.25) is 0 Å². The van der Waals surface area contributed by atoms with E-state index < -0.39 is 0 Å². The summed E-state index contributed by atoms with van der Waals surface area (Å²) in [6, 6.07) is 0. The van der Waals surface area contributed by atoms with E-state index in [1.807, 2.05) is 7.05 Å². The van der Waals surface area contributed by atoms with Crippen LogP contribution in [0.4, 0.5) is 0 Å². The molecular formula is C10H18N2OS. The Bertz CT molecular complexity index is 250. The fourth-order valence-electron chi connectivity index (χ4n) is 1.26. The van der Waals surface area contributed by atoms with Crippen molar-refractivity contribution in [1.82, 2.24) is 10.3 Å². The van der Waals surface area contributed by atoms with Crippen molar-refractivity contribution < 1.29 is 5.11 Å². The van der Waals surface area contributed by atoms with Gasteiger partial charge < -0.3 is 10.4 Å². The molecule has 0 spiro atoms. The molecule has 1 aromatic heterocycles. The van der Waals surface area contributed by atoms with Crippen LogP contribution in [0.1, 0.15) is 23.5 Å². The summed E-state index contributed by atoms with van der Waals surface area (Å²) in [7, 11) is 1.97. The maximum absolute atomic E-state index is 8.68. The monoisotopic (exact) mass is 214 g/mol. The molecule has 0 amide bonds. The minimum absolute atomic E-state index is 0.259. The molecule has 1 rings (SSSR count). The topological polar surface area (TPSA) is 45.1 Å². The second kappa shape index (κ2) is 6.92. The Labute approximate surface area is 89.2 Å². The Morgan fingerprint density at radius 1 is 1.43 bits per heavy atom. The fraction of sp³-hybridized carbons (Fsp3) is 0.700. The van der Waals surface area contributed by atoms with Gasteiger partial charge in [0.15, 0.2) is 0 Å². The summed E-state index contributed by atoms with van der Waals surface area (Å²) in [5.74, 6) is 0. The van der Waals surface area contributed by atoms with Gasteiger partial charge in [0.1, 0.15) is 0 Å². The van der Waals surface area contributed by atoms with E-state index in [4.69, 9.17) is 5.11 Å². The SMILES string of the molecule is CNCCCc1csc(CCCO)n1. The lowest BCUT2D eigenvalue weighted by Gasteiger charge is -1.96. The third kappa shape index (κ3) is 4.17. The van der Waals surface area contributed by atoms with Gasteiger partial charge in [-0.05, 0) is 32.9 Å². The molecule has 0 aliphatic rings. The van der Waals surface area contributed by atoms with Gasteiger partial charge in [-0.3, -0.25) is 0 Å². The number of aliphatic hydroxyl groups excluding tert-OH is 1. The molecule has 0 atom stereocenters. The maximum Gasteiger partial charge on any atom is 0.0929 e. The van der Waals surface area contributed by atoms with Crippen LogP contribution in [0.25, 0.3) is 0 Å². The van der Waals surface area contributed by atoms with Crippen molar-refractivity contribution in [2.45, 2.75) is 25.7 Å². The molecule has 0 aliphatic carbocycles. The predicted molar refractivity (Wildman–Crippen MR) is 59.8 cm³/mol. The van der Waals surface area contributed by atoms with Crippen molar-refractivity contribution in [3.05, 3.63) is 16.1 Å². The summed E-state index contributed by atoms with van der Waals surface area (Å²) >= 11 is 1.70. The summed E-state index contributed by atoms with van der Waals surface area (Å²) < 4.78 is 0. The van der Waals surface area contributed by atoms with Gasteiger partial charge in [-0.15, -0.1) is 11.3 Å². The molecule has 0 aliphatic heterocycles. The van der Waals surface area contributed by atoms with Gasteiger partial charge in [-0.25, -0.2) is 4.98 Å². The van der Waals surface area contributed by atoms with Crippen molar-refractivity contribution in [2.75, 3.05) is 20.2 Å². The van der Waals surface area contributed by atoms with Gasteiger partial charge >= 0.3 is 0 Å². The molecule has 3 nitrogen and oxygen atoms in total. The van der Waals surface area contributed by atoms with Crippen LogP contribution < -0.4 is 5.32 Å². The number of aliphatic hydroxyl groups is 1. The smallest absolute Gasteiger partial charge is 0.0929 e. The molecule has 0 aromatic carbocycles. The molecule has 4 heteroatoms. The molecule has 0 saturated carbocycles. The van der Waals surface area contributed by atoms with Crippen LogP contribution in [0.5, 0.6) is 0 Å². The zero-order valence-electron chi connectivity index (χ0n) is 8.62. The van der Waals surface area contributed by atoms with E-state index in [-0.39, 0.29) is 6.61 Å². The molecule has 0 saturated heterocycles. The number of hydrogen-bond acceptors (Lipinski definition) is 4. The molecule has 1 aromatic rings.